The van der Waals surface area contributed by atoms with Gasteiger partial charge in [-0.2, -0.15) is 0 Å². The van der Waals surface area contributed by atoms with Gasteiger partial charge < -0.3 is 14.2 Å². The van der Waals surface area contributed by atoms with Crippen LogP contribution in [0.1, 0.15) is 323 Å². The van der Waals surface area contributed by atoms with Crippen molar-refractivity contribution in [2.45, 2.75) is 329 Å². The van der Waals surface area contributed by atoms with Gasteiger partial charge >= 0.3 is 17.9 Å². The smallest absolute Gasteiger partial charge is 0.309 e. The monoisotopic (exact) mass is 1140 g/mol. The first-order valence-electron chi connectivity index (χ1n) is 34.5. The molecule has 0 aliphatic carbocycles. The van der Waals surface area contributed by atoms with Gasteiger partial charge in [0.15, 0.2) is 6.10 Å². The molecule has 0 rings (SSSR count). The van der Waals surface area contributed by atoms with Crippen LogP contribution in [0.15, 0.2) is 122 Å². The molecule has 0 heterocycles. The van der Waals surface area contributed by atoms with E-state index in [2.05, 4.69) is 130 Å². The Morgan fingerprint density at radius 2 is 0.524 bits per heavy atom. The van der Waals surface area contributed by atoms with E-state index in [1.165, 1.54) is 180 Å². The van der Waals surface area contributed by atoms with Crippen LogP contribution < -0.4 is 0 Å². The second-order valence-electron chi connectivity index (χ2n) is 22.7. The Morgan fingerprint density at radius 3 is 0.854 bits per heavy atom. The summed E-state index contributed by atoms with van der Waals surface area (Å²) >= 11 is 0. The van der Waals surface area contributed by atoms with Crippen molar-refractivity contribution in [1.29, 1.82) is 0 Å². The number of rotatable bonds is 62. The largest absolute Gasteiger partial charge is 0.462 e. The third kappa shape index (κ3) is 66.6. The van der Waals surface area contributed by atoms with Gasteiger partial charge in [0.25, 0.3) is 0 Å². The highest BCUT2D eigenvalue weighted by molar-refractivity contribution is 5.72. The van der Waals surface area contributed by atoms with Crippen molar-refractivity contribution >= 4 is 17.9 Å². The molecule has 82 heavy (non-hydrogen) atoms. The summed E-state index contributed by atoms with van der Waals surface area (Å²) in [6.07, 6.45) is 96.8. The fraction of sp³-hybridized carbons (Fsp3) is 0.697. The normalized spacial score (nSPS) is 12.9. The number of carbonyl (C=O) groups excluding carboxylic acids is 3. The molecule has 0 bridgehead atoms. The third-order valence-corrected chi connectivity index (χ3v) is 14.7. The van der Waals surface area contributed by atoms with E-state index in [0.29, 0.717) is 12.8 Å². The lowest BCUT2D eigenvalue weighted by atomic mass is 10.0. The molecule has 1 unspecified atom stereocenters. The van der Waals surface area contributed by atoms with Gasteiger partial charge in [-0.1, -0.05) is 335 Å². The summed E-state index contributed by atoms with van der Waals surface area (Å²) in [7, 11) is 0. The molecule has 468 valence electrons. The Balaban J connectivity index is 4.30. The molecule has 0 N–H and O–H groups in total. The fourth-order valence-electron chi connectivity index (χ4n) is 9.66. The van der Waals surface area contributed by atoms with Gasteiger partial charge in [0.1, 0.15) is 13.2 Å². The highest BCUT2D eigenvalue weighted by Gasteiger charge is 2.19. The van der Waals surface area contributed by atoms with E-state index < -0.39 is 12.1 Å². The molecule has 0 aromatic rings. The average molecular weight is 1140 g/mol. The zero-order chi connectivity index (χ0) is 59.2. The lowest BCUT2D eigenvalue weighted by Gasteiger charge is -2.18. The first kappa shape index (κ1) is 77.8. The molecule has 0 amide bonds. The van der Waals surface area contributed by atoms with Crippen LogP contribution in [0.4, 0.5) is 0 Å². The van der Waals surface area contributed by atoms with E-state index in [1.807, 2.05) is 6.08 Å². The summed E-state index contributed by atoms with van der Waals surface area (Å²) in [5.41, 5.74) is 0. The van der Waals surface area contributed by atoms with Crippen LogP contribution >= 0.6 is 0 Å². The van der Waals surface area contributed by atoms with Crippen molar-refractivity contribution in [2.75, 3.05) is 13.2 Å². The molecule has 0 spiro atoms. The fourth-order valence-corrected chi connectivity index (χ4v) is 9.66. The van der Waals surface area contributed by atoms with Gasteiger partial charge in [0.05, 0.1) is 6.42 Å². The number of allylic oxidation sites excluding steroid dienone is 19. The standard InChI is InChI=1S/C76H128O6/c1-4-7-10-13-16-19-22-25-28-30-32-33-34-35-36-37-38-39-40-41-42-43-44-46-48-51-54-57-60-63-66-69-75(78)81-72-73(71-80-74(77)68-65-62-59-56-53-50-47-27-24-21-18-15-12-9-6-3)82-76(79)70-67-64-61-58-55-52-49-45-31-29-26-23-20-17-14-11-8-5-2/h7,9-10,12,16,18-19,21,25,27-28,32-33,35-36,47,53,56,62,65,73H,4-6,8,11,13-15,17,20,22-24,26,29-31,34,37-46,48-52,54-55,57-61,63-64,66-72H2,1-3H3/b10-7-,12-9-,19-16-,21-18-,28-25-,33-32-,36-35-,47-27-,56-53-,65-62-. The molecular formula is C76H128O6. The zero-order valence-corrected chi connectivity index (χ0v) is 53.7. The first-order valence-corrected chi connectivity index (χ1v) is 34.5. The van der Waals surface area contributed by atoms with E-state index in [1.54, 1.807) is 6.08 Å². The molecule has 0 aromatic heterocycles. The minimum Gasteiger partial charge on any atom is -0.462 e. The van der Waals surface area contributed by atoms with Crippen LogP contribution in [0.25, 0.3) is 0 Å². The molecule has 0 saturated heterocycles. The molecule has 6 heteroatoms. The van der Waals surface area contributed by atoms with E-state index in [-0.39, 0.29) is 31.6 Å². The third-order valence-electron chi connectivity index (χ3n) is 14.7. The topological polar surface area (TPSA) is 78.9 Å². The van der Waals surface area contributed by atoms with Gasteiger partial charge in [-0.3, -0.25) is 14.4 Å². The summed E-state index contributed by atoms with van der Waals surface area (Å²) in [5, 5.41) is 0. The van der Waals surface area contributed by atoms with Crippen molar-refractivity contribution in [1.82, 2.24) is 0 Å². The number of carbonyl (C=O) groups is 3. The second kappa shape index (κ2) is 69.3. The van der Waals surface area contributed by atoms with E-state index in [0.717, 1.165) is 103 Å². The Bertz CT molecular complexity index is 1690. The van der Waals surface area contributed by atoms with E-state index in [9.17, 15) is 14.4 Å². The molecule has 0 aromatic carbocycles. The SMILES string of the molecule is CC/C=C\C/C=C\C/C=C\C/C=C\C/C=C\CCCCCCCCCCCCCCCCCC(=O)OCC(COC(=O)C/C=C\C/C=C\C/C=C\C/C=C\C/C=C\CC)OC(=O)CCCCCCCCCCCCCCCCCCCC. The second-order valence-corrected chi connectivity index (χ2v) is 22.7. The zero-order valence-electron chi connectivity index (χ0n) is 53.7. The summed E-state index contributed by atoms with van der Waals surface area (Å²) in [4.78, 5) is 38.3. The van der Waals surface area contributed by atoms with E-state index in [4.69, 9.17) is 14.2 Å². The molecule has 1 atom stereocenters. The summed E-state index contributed by atoms with van der Waals surface area (Å²) in [6, 6.07) is 0. The van der Waals surface area contributed by atoms with Crippen molar-refractivity contribution in [3.05, 3.63) is 122 Å². The van der Waals surface area contributed by atoms with Crippen molar-refractivity contribution in [3.8, 4) is 0 Å². The quantitative estimate of drug-likeness (QED) is 0.0261. The molecule has 0 fully saturated rings. The van der Waals surface area contributed by atoms with Gasteiger partial charge in [0.2, 0.25) is 0 Å². The van der Waals surface area contributed by atoms with E-state index >= 15 is 0 Å². The van der Waals surface area contributed by atoms with Gasteiger partial charge in [-0.15, -0.1) is 0 Å². The van der Waals surface area contributed by atoms with Gasteiger partial charge in [-0.25, -0.2) is 0 Å². The predicted molar refractivity (Wildman–Crippen MR) is 357 cm³/mol. The molecule has 0 aliphatic rings. The Labute approximate surface area is 507 Å². The molecule has 0 aliphatic heterocycles. The first-order chi connectivity index (χ1) is 40.5. The molecule has 0 saturated carbocycles. The predicted octanol–water partition coefficient (Wildman–Crippen LogP) is 23.9. The van der Waals surface area contributed by atoms with Crippen LogP contribution in [0.2, 0.25) is 0 Å². The Morgan fingerprint density at radius 1 is 0.268 bits per heavy atom. The maximum atomic E-state index is 12.9. The molecule has 6 nitrogen and oxygen atoms in total. The lowest BCUT2D eigenvalue weighted by molar-refractivity contribution is -0.166. The van der Waals surface area contributed by atoms with Crippen LogP contribution in [0, 0.1) is 0 Å². The summed E-state index contributed by atoms with van der Waals surface area (Å²) in [6.45, 7) is 6.36. The number of esters is 3. The minimum absolute atomic E-state index is 0.106. The van der Waals surface area contributed by atoms with Crippen LogP contribution in [0.3, 0.4) is 0 Å². The number of hydrogen-bond donors (Lipinski definition) is 0. The summed E-state index contributed by atoms with van der Waals surface area (Å²) in [5.74, 6) is -1.03. The minimum atomic E-state index is -0.819. The van der Waals surface area contributed by atoms with Gasteiger partial charge in [-0.05, 0) is 89.9 Å². The van der Waals surface area contributed by atoms with Crippen LogP contribution in [0.5, 0.6) is 0 Å². The number of unbranched alkanes of at least 4 members (excludes halogenated alkanes) is 32. The van der Waals surface area contributed by atoms with Crippen molar-refractivity contribution in [2.24, 2.45) is 0 Å². The maximum Gasteiger partial charge on any atom is 0.309 e. The lowest BCUT2D eigenvalue weighted by Crippen LogP contribution is -2.30. The van der Waals surface area contributed by atoms with Crippen molar-refractivity contribution in [3.63, 3.8) is 0 Å². The highest BCUT2D eigenvalue weighted by Crippen LogP contribution is 2.17. The van der Waals surface area contributed by atoms with Crippen molar-refractivity contribution < 1.29 is 28.6 Å². The Hall–Kier alpha value is -4.19. The number of ether oxygens (including phenoxy) is 3. The number of hydrogen-bond acceptors (Lipinski definition) is 6. The Kier molecular flexibility index (Phi) is 65.8. The van der Waals surface area contributed by atoms with Gasteiger partial charge in [0, 0.05) is 12.8 Å². The maximum absolute atomic E-state index is 12.9. The molecule has 0 radical (unpaired) electrons. The average Bonchev–Trinajstić information content (AvgIpc) is 3.47. The van der Waals surface area contributed by atoms with Crippen LogP contribution in [-0.4, -0.2) is 37.2 Å². The van der Waals surface area contributed by atoms with Crippen LogP contribution in [-0.2, 0) is 28.6 Å². The summed E-state index contributed by atoms with van der Waals surface area (Å²) < 4.78 is 16.9. The molecular weight excluding hydrogens is 1010 g/mol. The highest BCUT2D eigenvalue weighted by atomic mass is 16.6.